The number of rotatable bonds is 4. The lowest BCUT2D eigenvalue weighted by Crippen LogP contribution is -2.50. The highest BCUT2D eigenvalue weighted by atomic mass is 16.5. The number of aromatic nitrogens is 1. The van der Waals surface area contributed by atoms with Gasteiger partial charge in [-0.25, -0.2) is 0 Å². The second kappa shape index (κ2) is 6.41. The van der Waals surface area contributed by atoms with Crippen LogP contribution in [0.5, 0.6) is 0 Å². The Morgan fingerprint density at radius 1 is 1.24 bits per heavy atom. The monoisotopic (exact) mass is 291 g/mol. The SMILES string of the molecule is O=C(Cn1ccc(=O)cc1)N[C@@H]1COC[C@H]1N1CCCC1. The molecule has 2 fully saturated rings. The van der Waals surface area contributed by atoms with Gasteiger partial charge in [0, 0.05) is 24.5 Å². The summed E-state index contributed by atoms with van der Waals surface area (Å²) in [6.07, 6.45) is 5.72. The molecule has 3 heterocycles. The predicted molar refractivity (Wildman–Crippen MR) is 78.0 cm³/mol. The first kappa shape index (κ1) is 14.3. The molecule has 6 heteroatoms. The van der Waals surface area contributed by atoms with Gasteiger partial charge in [-0.3, -0.25) is 14.5 Å². The number of amides is 1. The third-order valence-electron chi connectivity index (χ3n) is 4.19. The van der Waals surface area contributed by atoms with Crippen LogP contribution in [0.1, 0.15) is 12.8 Å². The van der Waals surface area contributed by atoms with Crippen molar-refractivity contribution in [1.82, 2.24) is 14.8 Å². The van der Waals surface area contributed by atoms with Crippen molar-refractivity contribution in [3.63, 3.8) is 0 Å². The summed E-state index contributed by atoms with van der Waals surface area (Å²) < 4.78 is 7.25. The van der Waals surface area contributed by atoms with E-state index in [0.717, 1.165) is 13.1 Å². The summed E-state index contributed by atoms with van der Waals surface area (Å²) in [5.74, 6) is -0.0432. The average molecular weight is 291 g/mol. The Balaban J connectivity index is 1.56. The van der Waals surface area contributed by atoms with Crippen LogP contribution in [-0.2, 0) is 16.1 Å². The van der Waals surface area contributed by atoms with E-state index < -0.39 is 0 Å². The zero-order valence-corrected chi connectivity index (χ0v) is 12.0. The molecule has 2 atom stereocenters. The number of likely N-dealkylation sites (tertiary alicyclic amines) is 1. The molecule has 0 saturated carbocycles. The van der Waals surface area contributed by atoms with Crippen molar-refractivity contribution >= 4 is 5.91 Å². The van der Waals surface area contributed by atoms with Crippen molar-refractivity contribution in [2.75, 3.05) is 26.3 Å². The fraction of sp³-hybridized carbons (Fsp3) is 0.600. The molecule has 114 valence electrons. The summed E-state index contributed by atoms with van der Waals surface area (Å²) in [5.41, 5.74) is -0.0510. The Labute approximate surface area is 123 Å². The van der Waals surface area contributed by atoms with Crippen molar-refractivity contribution in [2.24, 2.45) is 0 Å². The Kier molecular flexibility index (Phi) is 4.36. The summed E-state index contributed by atoms with van der Waals surface area (Å²) >= 11 is 0. The van der Waals surface area contributed by atoms with Gasteiger partial charge in [0.15, 0.2) is 5.43 Å². The lowest BCUT2D eigenvalue weighted by Gasteiger charge is -2.28. The second-order valence-electron chi connectivity index (χ2n) is 5.73. The van der Waals surface area contributed by atoms with Crippen LogP contribution in [0.3, 0.4) is 0 Å². The van der Waals surface area contributed by atoms with E-state index >= 15 is 0 Å². The van der Waals surface area contributed by atoms with Gasteiger partial charge in [0.2, 0.25) is 5.91 Å². The molecule has 0 bridgehead atoms. The molecule has 2 saturated heterocycles. The molecule has 1 N–H and O–H groups in total. The van der Waals surface area contributed by atoms with Crippen LogP contribution in [0.15, 0.2) is 29.3 Å². The maximum atomic E-state index is 12.1. The molecular weight excluding hydrogens is 270 g/mol. The molecule has 2 aliphatic rings. The van der Waals surface area contributed by atoms with Gasteiger partial charge >= 0.3 is 0 Å². The van der Waals surface area contributed by atoms with E-state index in [0.29, 0.717) is 19.3 Å². The van der Waals surface area contributed by atoms with E-state index in [1.165, 1.54) is 25.0 Å². The van der Waals surface area contributed by atoms with Gasteiger partial charge in [-0.05, 0) is 25.9 Å². The maximum Gasteiger partial charge on any atom is 0.240 e. The number of pyridine rings is 1. The summed E-state index contributed by atoms with van der Waals surface area (Å²) in [6.45, 7) is 3.70. The Morgan fingerprint density at radius 3 is 2.67 bits per heavy atom. The minimum Gasteiger partial charge on any atom is -0.378 e. The fourth-order valence-electron chi connectivity index (χ4n) is 3.08. The standard InChI is InChI=1S/C15H21N3O3/c19-12-3-7-17(8-4-12)9-15(20)16-13-10-21-11-14(13)18-5-1-2-6-18/h3-4,7-8,13-14H,1-2,5-6,9-11H2,(H,16,20)/t13-,14-/m1/s1. The van der Waals surface area contributed by atoms with Crippen LogP contribution in [0.4, 0.5) is 0 Å². The number of carbonyl (C=O) groups is 1. The highest BCUT2D eigenvalue weighted by Gasteiger charge is 2.35. The summed E-state index contributed by atoms with van der Waals surface area (Å²) in [7, 11) is 0. The highest BCUT2D eigenvalue weighted by Crippen LogP contribution is 2.19. The van der Waals surface area contributed by atoms with Gasteiger partial charge in [-0.15, -0.1) is 0 Å². The van der Waals surface area contributed by atoms with E-state index in [1.807, 2.05) is 0 Å². The summed E-state index contributed by atoms with van der Waals surface area (Å²) in [5, 5.41) is 3.06. The van der Waals surface area contributed by atoms with Gasteiger partial charge < -0.3 is 14.6 Å². The van der Waals surface area contributed by atoms with E-state index in [9.17, 15) is 9.59 Å². The molecule has 2 aliphatic heterocycles. The van der Waals surface area contributed by atoms with Gasteiger partial charge in [0.1, 0.15) is 6.54 Å². The van der Waals surface area contributed by atoms with Gasteiger partial charge in [-0.1, -0.05) is 0 Å². The first-order chi connectivity index (χ1) is 10.2. The van der Waals surface area contributed by atoms with E-state index in [-0.39, 0.29) is 23.9 Å². The van der Waals surface area contributed by atoms with Crippen LogP contribution in [0, 0.1) is 0 Å². The molecule has 1 aromatic heterocycles. The molecule has 1 aromatic rings. The molecule has 3 rings (SSSR count). The van der Waals surface area contributed by atoms with Gasteiger partial charge in [0.25, 0.3) is 0 Å². The normalized spacial score (nSPS) is 26.1. The van der Waals surface area contributed by atoms with E-state index in [2.05, 4.69) is 10.2 Å². The smallest absolute Gasteiger partial charge is 0.240 e. The van der Waals surface area contributed by atoms with Crippen LogP contribution >= 0.6 is 0 Å². The molecule has 0 spiro atoms. The number of hydrogen-bond acceptors (Lipinski definition) is 4. The molecule has 0 unspecified atom stereocenters. The highest BCUT2D eigenvalue weighted by molar-refractivity contribution is 5.76. The van der Waals surface area contributed by atoms with E-state index in [4.69, 9.17) is 4.74 Å². The number of ether oxygens (including phenoxy) is 1. The molecule has 6 nitrogen and oxygen atoms in total. The first-order valence-electron chi connectivity index (χ1n) is 7.49. The molecule has 0 aliphatic carbocycles. The molecule has 0 radical (unpaired) electrons. The van der Waals surface area contributed by atoms with Gasteiger partial charge in [-0.2, -0.15) is 0 Å². The van der Waals surface area contributed by atoms with Crippen molar-refractivity contribution in [3.05, 3.63) is 34.7 Å². The van der Waals surface area contributed by atoms with Crippen LogP contribution in [0.25, 0.3) is 0 Å². The zero-order valence-electron chi connectivity index (χ0n) is 12.0. The molecule has 0 aromatic carbocycles. The predicted octanol–water partition coefficient (Wildman–Crippen LogP) is -0.172. The Bertz CT molecular complexity index is 531. The molecule has 21 heavy (non-hydrogen) atoms. The van der Waals surface area contributed by atoms with Crippen LogP contribution < -0.4 is 10.7 Å². The summed E-state index contributed by atoms with van der Waals surface area (Å²) in [6, 6.07) is 3.28. The maximum absolute atomic E-state index is 12.1. The number of nitrogens with one attached hydrogen (secondary N) is 1. The third-order valence-corrected chi connectivity index (χ3v) is 4.19. The third kappa shape index (κ3) is 3.51. The Morgan fingerprint density at radius 2 is 1.95 bits per heavy atom. The van der Waals surface area contributed by atoms with Crippen molar-refractivity contribution in [2.45, 2.75) is 31.5 Å². The van der Waals surface area contributed by atoms with Gasteiger partial charge in [0.05, 0.1) is 25.3 Å². The second-order valence-corrected chi connectivity index (χ2v) is 5.73. The molecule has 1 amide bonds. The summed E-state index contributed by atoms with van der Waals surface area (Å²) in [4.78, 5) is 25.6. The van der Waals surface area contributed by atoms with Crippen molar-refractivity contribution < 1.29 is 9.53 Å². The number of carbonyl (C=O) groups excluding carboxylic acids is 1. The van der Waals surface area contributed by atoms with Crippen molar-refractivity contribution in [3.8, 4) is 0 Å². The lowest BCUT2D eigenvalue weighted by molar-refractivity contribution is -0.122. The average Bonchev–Trinajstić information content (AvgIpc) is 3.11. The molecular formula is C15H21N3O3. The first-order valence-corrected chi connectivity index (χ1v) is 7.49. The zero-order chi connectivity index (χ0) is 14.7. The van der Waals surface area contributed by atoms with Crippen LogP contribution in [0.2, 0.25) is 0 Å². The topological polar surface area (TPSA) is 63.6 Å². The number of hydrogen-bond donors (Lipinski definition) is 1. The minimum atomic E-state index is -0.0510. The number of nitrogens with zero attached hydrogens (tertiary/aromatic N) is 2. The largest absolute Gasteiger partial charge is 0.378 e. The quantitative estimate of drug-likeness (QED) is 0.836. The van der Waals surface area contributed by atoms with E-state index in [1.54, 1.807) is 17.0 Å². The van der Waals surface area contributed by atoms with Crippen molar-refractivity contribution in [1.29, 1.82) is 0 Å². The lowest BCUT2D eigenvalue weighted by atomic mass is 10.1. The fourth-order valence-corrected chi connectivity index (χ4v) is 3.08. The minimum absolute atomic E-state index is 0.0432. The van der Waals surface area contributed by atoms with Crippen LogP contribution in [-0.4, -0.2) is 53.8 Å². The Hall–Kier alpha value is -1.66.